The van der Waals surface area contributed by atoms with Crippen LogP contribution in [0.2, 0.25) is 5.02 Å². The van der Waals surface area contributed by atoms with Crippen molar-refractivity contribution in [3.8, 4) is 0 Å². The third kappa shape index (κ3) is 4.48. The summed E-state index contributed by atoms with van der Waals surface area (Å²) in [7, 11) is 3.80. The normalized spacial score (nSPS) is 18.3. The van der Waals surface area contributed by atoms with E-state index in [1.165, 1.54) is 5.56 Å². The van der Waals surface area contributed by atoms with Crippen LogP contribution in [0.5, 0.6) is 0 Å². The minimum Gasteiger partial charge on any atom is -0.368 e. The van der Waals surface area contributed by atoms with Gasteiger partial charge in [0.2, 0.25) is 11.9 Å². The van der Waals surface area contributed by atoms with Crippen LogP contribution in [0.3, 0.4) is 0 Å². The van der Waals surface area contributed by atoms with Crippen molar-refractivity contribution in [2.45, 2.75) is 25.9 Å². The average molecular weight is 390 g/mol. The first-order chi connectivity index (χ1) is 12.9. The smallest absolute Gasteiger partial charge is 0.229 e. The molecule has 27 heavy (non-hydrogen) atoms. The first-order valence-corrected chi connectivity index (χ1v) is 9.66. The Morgan fingerprint density at radius 3 is 2.15 bits per heavy atom. The Balaban J connectivity index is 1.66. The number of benzene rings is 1. The van der Waals surface area contributed by atoms with Crippen molar-refractivity contribution in [1.82, 2.24) is 24.8 Å². The minimum atomic E-state index is 0.0896. The largest absolute Gasteiger partial charge is 0.368 e. The third-order valence-electron chi connectivity index (χ3n) is 5.23. The SMILES string of the molecule is C[C@@H](c1nc(N)nc(N(C)C)n1)N1CCN([C@@H](C)c2ccccc2Cl)CC1. The van der Waals surface area contributed by atoms with Crippen molar-refractivity contribution in [3.05, 3.63) is 40.7 Å². The van der Waals surface area contributed by atoms with Crippen LogP contribution in [-0.2, 0) is 0 Å². The number of halogens is 1. The van der Waals surface area contributed by atoms with Gasteiger partial charge in [-0.2, -0.15) is 15.0 Å². The Hall–Kier alpha value is -1.96. The molecule has 7 nitrogen and oxygen atoms in total. The zero-order valence-corrected chi connectivity index (χ0v) is 17.2. The molecule has 0 spiro atoms. The molecule has 0 saturated carbocycles. The molecule has 2 heterocycles. The van der Waals surface area contributed by atoms with Gasteiger partial charge in [-0.3, -0.25) is 9.80 Å². The monoisotopic (exact) mass is 389 g/mol. The van der Waals surface area contributed by atoms with Gasteiger partial charge in [0.1, 0.15) is 0 Å². The molecule has 2 atom stereocenters. The van der Waals surface area contributed by atoms with Gasteiger partial charge >= 0.3 is 0 Å². The highest BCUT2D eigenvalue weighted by molar-refractivity contribution is 6.31. The van der Waals surface area contributed by atoms with Gasteiger partial charge in [0.25, 0.3) is 0 Å². The topological polar surface area (TPSA) is 74.4 Å². The van der Waals surface area contributed by atoms with Crippen molar-refractivity contribution < 1.29 is 0 Å². The molecule has 0 unspecified atom stereocenters. The fourth-order valence-electron chi connectivity index (χ4n) is 3.47. The standard InChI is InChI=1S/C19H28ClN7/c1-13(15-7-5-6-8-16(15)20)26-9-11-27(12-10-26)14(2)17-22-18(21)24-19(23-17)25(3)4/h5-8,13-14H,9-12H2,1-4H3,(H2,21,22,23,24)/t13-,14-/m0/s1. The second-order valence-corrected chi connectivity index (χ2v) is 7.60. The van der Waals surface area contributed by atoms with Crippen molar-refractivity contribution in [1.29, 1.82) is 0 Å². The number of anilines is 2. The predicted octanol–water partition coefficient (Wildman–Crippen LogP) is 2.61. The zero-order valence-electron chi connectivity index (χ0n) is 16.4. The summed E-state index contributed by atoms with van der Waals surface area (Å²) in [5.41, 5.74) is 7.06. The maximum Gasteiger partial charge on any atom is 0.229 e. The summed E-state index contributed by atoms with van der Waals surface area (Å²) in [6, 6.07) is 8.47. The van der Waals surface area contributed by atoms with E-state index in [9.17, 15) is 0 Å². The number of piperazine rings is 1. The number of nitrogen functional groups attached to an aromatic ring is 1. The lowest BCUT2D eigenvalue weighted by Gasteiger charge is -2.40. The van der Waals surface area contributed by atoms with E-state index in [1.807, 2.05) is 37.2 Å². The lowest BCUT2D eigenvalue weighted by atomic mass is 10.1. The summed E-state index contributed by atoms with van der Waals surface area (Å²) in [6.45, 7) is 8.17. The molecule has 8 heteroatoms. The quantitative estimate of drug-likeness (QED) is 0.842. The van der Waals surface area contributed by atoms with Crippen molar-refractivity contribution in [2.24, 2.45) is 0 Å². The summed E-state index contributed by atoms with van der Waals surface area (Å²) < 4.78 is 0. The van der Waals surface area contributed by atoms with Gasteiger partial charge in [0.15, 0.2) is 5.82 Å². The molecule has 1 fully saturated rings. The highest BCUT2D eigenvalue weighted by Gasteiger charge is 2.27. The first kappa shape index (κ1) is 19.8. The lowest BCUT2D eigenvalue weighted by molar-refractivity contribution is 0.0758. The third-order valence-corrected chi connectivity index (χ3v) is 5.58. The van der Waals surface area contributed by atoms with Gasteiger partial charge in [0.05, 0.1) is 6.04 Å². The molecule has 0 bridgehead atoms. The molecule has 1 aliphatic heterocycles. The van der Waals surface area contributed by atoms with Gasteiger partial charge in [0, 0.05) is 51.3 Å². The van der Waals surface area contributed by atoms with Crippen LogP contribution >= 0.6 is 11.6 Å². The number of rotatable bonds is 5. The predicted molar refractivity (Wildman–Crippen MR) is 110 cm³/mol. The van der Waals surface area contributed by atoms with Crippen LogP contribution < -0.4 is 10.6 Å². The maximum atomic E-state index is 6.38. The van der Waals surface area contributed by atoms with Gasteiger partial charge in [-0.1, -0.05) is 29.8 Å². The number of hydrogen-bond acceptors (Lipinski definition) is 7. The molecule has 0 radical (unpaired) electrons. The van der Waals surface area contributed by atoms with Gasteiger partial charge < -0.3 is 10.6 Å². The molecule has 1 aromatic heterocycles. The molecule has 3 rings (SSSR count). The van der Waals surface area contributed by atoms with Crippen LogP contribution in [0.1, 0.15) is 37.3 Å². The number of aromatic nitrogens is 3. The van der Waals surface area contributed by atoms with E-state index < -0.39 is 0 Å². The molecule has 0 aliphatic carbocycles. The summed E-state index contributed by atoms with van der Waals surface area (Å²) in [4.78, 5) is 19.8. The van der Waals surface area contributed by atoms with E-state index in [2.05, 4.69) is 44.7 Å². The van der Waals surface area contributed by atoms with Gasteiger partial charge in [-0.15, -0.1) is 0 Å². The Labute approximate surface area is 166 Å². The van der Waals surface area contributed by atoms with Crippen LogP contribution in [0.15, 0.2) is 24.3 Å². The first-order valence-electron chi connectivity index (χ1n) is 9.28. The fraction of sp³-hybridized carbons (Fsp3) is 0.526. The fourth-order valence-corrected chi connectivity index (χ4v) is 3.76. The highest BCUT2D eigenvalue weighted by atomic mass is 35.5. The second kappa shape index (κ2) is 8.37. The van der Waals surface area contributed by atoms with Crippen LogP contribution in [-0.4, -0.2) is 65.0 Å². The Morgan fingerprint density at radius 2 is 1.56 bits per heavy atom. The molecular formula is C19H28ClN7. The molecule has 1 aliphatic rings. The van der Waals surface area contributed by atoms with E-state index >= 15 is 0 Å². The average Bonchev–Trinajstić information content (AvgIpc) is 2.67. The van der Waals surface area contributed by atoms with Crippen LogP contribution in [0, 0.1) is 0 Å². The molecular weight excluding hydrogens is 362 g/mol. The van der Waals surface area contributed by atoms with E-state index in [-0.39, 0.29) is 12.0 Å². The van der Waals surface area contributed by atoms with Gasteiger partial charge in [-0.05, 0) is 25.5 Å². The molecule has 1 aromatic carbocycles. The second-order valence-electron chi connectivity index (χ2n) is 7.19. The van der Waals surface area contributed by atoms with E-state index in [4.69, 9.17) is 17.3 Å². The highest BCUT2D eigenvalue weighted by Crippen LogP contribution is 2.29. The zero-order chi connectivity index (χ0) is 19.6. The molecule has 2 N–H and O–H groups in total. The van der Waals surface area contributed by atoms with E-state index in [0.717, 1.165) is 37.0 Å². The molecule has 0 amide bonds. The van der Waals surface area contributed by atoms with Crippen molar-refractivity contribution >= 4 is 23.5 Å². The van der Waals surface area contributed by atoms with Crippen LogP contribution in [0.25, 0.3) is 0 Å². The Bertz CT molecular complexity index is 774. The Kier molecular flexibility index (Phi) is 6.14. The summed E-state index contributed by atoms with van der Waals surface area (Å²) >= 11 is 6.38. The molecule has 146 valence electrons. The Morgan fingerprint density at radius 1 is 0.963 bits per heavy atom. The van der Waals surface area contributed by atoms with Gasteiger partial charge in [-0.25, -0.2) is 0 Å². The van der Waals surface area contributed by atoms with E-state index in [1.54, 1.807) is 0 Å². The summed E-state index contributed by atoms with van der Waals surface area (Å²) in [6.07, 6.45) is 0. The van der Waals surface area contributed by atoms with Crippen molar-refractivity contribution in [3.63, 3.8) is 0 Å². The minimum absolute atomic E-state index is 0.0896. The maximum absolute atomic E-state index is 6.38. The molecule has 2 aromatic rings. The van der Waals surface area contributed by atoms with Crippen molar-refractivity contribution in [2.75, 3.05) is 50.9 Å². The van der Waals surface area contributed by atoms with Crippen LogP contribution in [0.4, 0.5) is 11.9 Å². The summed E-state index contributed by atoms with van der Waals surface area (Å²) in [5.74, 6) is 1.58. The number of hydrogen-bond donors (Lipinski definition) is 1. The lowest BCUT2D eigenvalue weighted by Crippen LogP contribution is -2.48. The number of nitrogens with zero attached hydrogens (tertiary/aromatic N) is 6. The van der Waals surface area contributed by atoms with E-state index in [0.29, 0.717) is 12.0 Å². The molecule has 1 saturated heterocycles. The summed E-state index contributed by atoms with van der Waals surface area (Å²) in [5, 5.41) is 0.831. The number of nitrogens with two attached hydrogens (primary N) is 1.